The van der Waals surface area contributed by atoms with E-state index < -0.39 is 18.2 Å². The molecule has 0 bridgehead atoms. The van der Waals surface area contributed by atoms with Crippen LogP contribution in [0.15, 0.2) is 48.7 Å². The Morgan fingerprint density at radius 3 is 2.70 bits per heavy atom. The highest BCUT2D eigenvalue weighted by Crippen LogP contribution is 2.43. The first-order chi connectivity index (χ1) is 25.6. The summed E-state index contributed by atoms with van der Waals surface area (Å²) in [5.74, 6) is 8.34. The first-order valence-electron chi connectivity index (χ1n) is 18.3. The summed E-state index contributed by atoms with van der Waals surface area (Å²) in [7, 11) is 1.26. The van der Waals surface area contributed by atoms with Crippen LogP contribution in [0.1, 0.15) is 89.6 Å². The quantitative estimate of drug-likeness (QED) is 0.130. The van der Waals surface area contributed by atoms with Crippen molar-refractivity contribution in [3.8, 4) is 40.0 Å². The van der Waals surface area contributed by atoms with Crippen LogP contribution in [0.25, 0.3) is 44.2 Å². The van der Waals surface area contributed by atoms with E-state index in [-0.39, 0.29) is 23.9 Å². The van der Waals surface area contributed by atoms with E-state index in [1.165, 1.54) is 7.11 Å². The van der Waals surface area contributed by atoms with Crippen molar-refractivity contribution in [2.24, 2.45) is 0 Å². The normalized spacial score (nSPS) is 17.2. The highest BCUT2D eigenvalue weighted by molar-refractivity contribution is 6.07. The smallest absolute Gasteiger partial charge is 0.407 e. The summed E-state index contributed by atoms with van der Waals surface area (Å²) >= 11 is 0. The molecule has 5 aromatic rings. The third kappa shape index (κ3) is 6.67. The minimum atomic E-state index is -0.794. The van der Waals surface area contributed by atoms with Crippen molar-refractivity contribution in [2.75, 3.05) is 13.7 Å². The fourth-order valence-corrected chi connectivity index (χ4v) is 7.37. The summed E-state index contributed by atoms with van der Waals surface area (Å²) in [5.41, 5.74) is 6.66. The molecule has 4 atom stereocenters. The number of benzene rings is 3. The van der Waals surface area contributed by atoms with Gasteiger partial charge in [-0.15, -0.1) is 0 Å². The minimum Gasteiger partial charge on any atom is -0.488 e. The highest BCUT2D eigenvalue weighted by Gasteiger charge is 2.35. The molecule has 0 spiro atoms. The van der Waals surface area contributed by atoms with Crippen LogP contribution in [-0.4, -0.2) is 73.4 Å². The lowest BCUT2D eigenvalue weighted by Gasteiger charge is -2.36. The molecule has 3 aromatic carbocycles. The predicted molar refractivity (Wildman–Crippen MR) is 203 cm³/mol. The second kappa shape index (κ2) is 14.7. The number of imidazole rings is 2. The van der Waals surface area contributed by atoms with E-state index in [1.807, 2.05) is 31.7 Å². The Labute approximate surface area is 308 Å². The van der Waals surface area contributed by atoms with E-state index in [1.54, 1.807) is 18.0 Å². The Balaban J connectivity index is 1.16. The van der Waals surface area contributed by atoms with E-state index in [0.29, 0.717) is 31.8 Å². The number of ether oxygens (including phenoxy) is 2. The van der Waals surface area contributed by atoms with Gasteiger partial charge in [-0.25, -0.2) is 14.8 Å². The van der Waals surface area contributed by atoms with Crippen LogP contribution in [0.3, 0.4) is 0 Å². The van der Waals surface area contributed by atoms with E-state index in [9.17, 15) is 14.4 Å². The SMILES string of the molecule is CCCC(=O)N(CCC)[C@@H](C)c1nc2ccc3cc4c(cc3c2[nH]1)OCc1cc(-c2cnc([C@@H]3C#CC[C@H](C)N3C(=O)[C@H](C)NC(=O)OC)[nH]2)ccc1-4. The zero-order valence-corrected chi connectivity index (χ0v) is 31.0. The van der Waals surface area contributed by atoms with Crippen molar-refractivity contribution < 1.29 is 23.9 Å². The van der Waals surface area contributed by atoms with Crippen molar-refractivity contribution in [1.29, 1.82) is 0 Å². The molecule has 0 saturated heterocycles. The van der Waals surface area contributed by atoms with Crippen LogP contribution in [0.5, 0.6) is 5.75 Å². The molecule has 3 amide bonds. The summed E-state index contributed by atoms with van der Waals surface area (Å²) < 4.78 is 11.1. The van der Waals surface area contributed by atoms with Gasteiger partial charge in [-0.2, -0.15) is 0 Å². The number of fused-ring (bicyclic) bond motifs is 6. The molecule has 0 saturated carbocycles. The monoisotopic (exact) mass is 715 g/mol. The molecule has 2 aliphatic heterocycles. The van der Waals surface area contributed by atoms with Gasteiger partial charge in [-0.3, -0.25) is 9.59 Å². The van der Waals surface area contributed by atoms with Crippen molar-refractivity contribution in [2.45, 2.75) is 91.1 Å². The molecule has 53 heavy (non-hydrogen) atoms. The molecular weight excluding hydrogens is 670 g/mol. The topological polar surface area (TPSA) is 146 Å². The largest absolute Gasteiger partial charge is 0.488 e. The first kappa shape index (κ1) is 35.6. The number of methoxy groups -OCH3 is 1. The number of aromatic amines is 2. The molecular formula is C41H45N7O5. The fourth-order valence-electron chi connectivity index (χ4n) is 7.37. The van der Waals surface area contributed by atoms with Crippen molar-refractivity contribution >= 4 is 39.7 Å². The number of alkyl carbamates (subject to hydrolysis) is 1. The minimum absolute atomic E-state index is 0.150. The molecule has 0 radical (unpaired) electrons. The van der Waals surface area contributed by atoms with Crippen LogP contribution >= 0.6 is 0 Å². The van der Waals surface area contributed by atoms with Gasteiger partial charge >= 0.3 is 6.09 Å². The Hall–Kier alpha value is -5.83. The zero-order valence-electron chi connectivity index (χ0n) is 31.0. The lowest BCUT2D eigenvalue weighted by Crippen LogP contribution is -2.52. The van der Waals surface area contributed by atoms with Crippen LogP contribution in [0.2, 0.25) is 0 Å². The molecule has 2 aliphatic rings. The third-order valence-electron chi connectivity index (χ3n) is 10.2. The van der Waals surface area contributed by atoms with Gasteiger partial charge in [0.15, 0.2) is 6.04 Å². The first-order valence-corrected chi connectivity index (χ1v) is 18.3. The number of rotatable bonds is 10. The number of carbonyl (C=O) groups is 3. The van der Waals surface area contributed by atoms with Crippen LogP contribution in [0, 0.1) is 11.8 Å². The van der Waals surface area contributed by atoms with E-state index in [2.05, 4.69) is 80.2 Å². The number of nitrogens with zero attached hydrogens (tertiary/aromatic N) is 4. The van der Waals surface area contributed by atoms with E-state index >= 15 is 0 Å². The van der Waals surface area contributed by atoms with Gasteiger partial charge in [0.2, 0.25) is 11.8 Å². The van der Waals surface area contributed by atoms with Gasteiger partial charge in [0.25, 0.3) is 0 Å². The summed E-state index contributed by atoms with van der Waals surface area (Å²) in [6.45, 7) is 10.8. The summed E-state index contributed by atoms with van der Waals surface area (Å²) in [6.07, 6.45) is 3.83. The third-order valence-corrected chi connectivity index (χ3v) is 10.2. The van der Waals surface area contributed by atoms with Gasteiger partial charge in [0.1, 0.15) is 30.0 Å². The lowest BCUT2D eigenvalue weighted by atomic mass is 9.92. The number of carbonyl (C=O) groups excluding carboxylic acids is 3. The second-order valence-electron chi connectivity index (χ2n) is 13.9. The van der Waals surface area contributed by atoms with E-state index in [4.69, 9.17) is 9.72 Å². The molecule has 7 rings (SSSR count). The average Bonchev–Trinajstić information content (AvgIpc) is 3.84. The van der Waals surface area contributed by atoms with Crippen LogP contribution in [-0.2, 0) is 20.9 Å². The number of aromatic nitrogens is 4. The standard InChI is InChI=1S/C41H45N7O5/c1-7-10-36(49)47(17-8-2)25(5)38-44-32-16-14-26-19-31-29-15-13-27(18-28(29)22-53-35(31)20-30(26)37(32)46-38)33-21-42-39(45-33)34-12-9-11-23(3)48(34)40(50)24(4)43-41(51)52-6/h13-16,18-21,23-25,34H,7-8,10-11,17,22H2,1-6H3,(H,42,45)(H,43,51)(H,44,46)/t23-,24-,25-,34-/m0/s1. The summed E-state index contributed by atoms with van der Waals surface area (Å²) in [6, 6.07) is 12.9. The van der Waals surface area contributed by atoms with E-state index in [0.717, 1.165) is 74.2 Å². The fraction of sp³-hybridized carbons (Fsp3) is 0.390. The number of hydrogen-bond donors (Lipinski definition) is 3. The maximum atomic E-state index is 13.5. The lowest BCUT2D eigenvalue weighted by molar-refractivity contribution is -0.137. The molecule has 0 aliphatic carbocycles. The molecule has 274 valence electrons. The van der Waals surface area contributed by atoms with Crippen molar-refractivity contribution in [1.82, 2.24) is 35.1 Å². The number of nitrogens with one attached hydrogen (secondary N) is 3. The molecule has 3 N–H and O–H groups in total. The maximum absolute atomic E-state index is 13.5. The Bertz CT molecular complexity index is 2280. The average molecular weight is 716 g/mol. The predicted octanol–water partition coefficient (Wildman–Crippen LogP) is 7.18. The number of amides is 3. The van der Waals surface area contributed by atoms with Crippen molar-refractivity contribution in [3.05, 3.63) is 65.9 Å². The van der Waals surface area contributed by atoms with Gasteiger partial charge < -0.3 is 34.6 Å². The zero-order chi connectivity index (χ0) is 37.4. The molecule has 12 nitrogen and oxygen atoms in total. The Morgan fingerprint density at radius 1 is 1.09 bits per heavy atom. The summed E-state index contributed by atoms with van der Waals surface area (Å²) in [5, 5.41) is 4.64. The molecule has 12 heteroatoms. The molecule has 0 unspecified atom stereocenters. The summed E-state index contributed by atoms with van der Waals surface area (Å²) in [4.78, 5) is 58.3. The van der Waals surface area contributed by atoms with Gasteiger partial charge in [0, 0.05) is 36.4 Å². The number of H-pyrrole nitrogens is 2. The Morgan fingerprint density at radius 2 is 1.92 bits per heavy atom. The van der Waals surface area contributed by atoms with Crippen LogP contribution in [0.4, 0.5) is 4.79 Å². The van der Waals surface area contributed by atoms with Crippen molar-refractivity contribution in [3.63, 3.8) is 0 Å². The maximum Gasteiger partial charge on any atom is 0.407 e. The van der Waals surface area contributed by atoms with Gasteiger partial charge in [-0.05, 0) is 80.0 Å². The van der Waals surface area contributed by atoms with Gasteiger partial charge in [0.05, 0.1) is 36.1 Å². The molecule has 4 heterocycles. The second-order valence-corrected chi connectivity index (χ2v) is 13.9. The van der Waals surface area contributed by atoms with Gasteiger partial charge in [-0.1, -0.05) is 43.9 Å². The number of hydrogen-bond acceptors (Lipinski definition) is 7. The molecule has 0 fully saturated rings. The Kier molecular flexibility index (Phi) is 9.84. The molecule has 2 aromatic heterocycles. The highest BCUT2D eigenvalue weighted by atomic mass is 16.5. The van der Waals surface area contributed by atoms with Crippen LogP contribution < -0.4 is 10.1 Å².